The van der Waals surface area contributed by atoms with Gasteiger partial charge in [-0.1, -0.05) is 13.0 Å². The second-order valence-electron chi connectivity index (χ2n) is 3.60. The van der Waals surface area contributed by atoms with E-state index in [1.807, 2.05) is 29.8 Å². The minimum absolute atomic E-state index is 0.887. The Bertz CT molecular complexity index is 457. The number of pyridine rings is 1. The molecule has 0 spiro atoms. The molecule has 0 aliphatic rings. The maximum Gasteiger partial charge on any atom is 0.153 e. The molecule has 0 saturated carbocycles. The summed E-state index contributed by atoms with van der Waals surface area (Å²) in [5.74, 6) is 0.887. The largest absolute Gasteiger partial charge is 0.237 e. The van der Waals surface area contributed by atoms with Crippen LogP contribution in [0.5, 0.6) is 0 Å². The lowest BCUT2D eigenvalue weighted by molar-refractivity contribution is 0.805. The van der Waals surface area contributed by atoms with Crippen LogP contribution in [0.3, 0.4) is 0 Å². The van der Waals surface area contributed by atoms with Crippen molar-refractivity contribution in [2.45, 2.75) is 27.2 Å². The Morgan fingerprint density at radius 3 is 2.60 bits per heavy atom. The summed E-state index contributed by atoms with van der Waals surface area (Å²) < 4.78 is 1.91. The van der Waals surface area contributed by atoms with Crippen LogP contribution >= 0.6 is 0 Å². The summed E-state index contributed by atoms with van der Waals surface area (Å²) in [5, 5.41) is 4.51. The van der Waals surface area contributed by atoms with Crippen LogP contribution in [0.1, 0.15) is 23.9 Å². The molecule has 0 amide bonds. The summed E-state index contributed by atoms with van der Waals surface area (Å²) in [6, 6.07) is 5.86. The maximum atomic E-state index is 4.51. The van der Waals surface area contributed by atoms with Crippen molar-refractivity contribution >= 4 is 0 Å². The van der Waals surface area contributed by atoms with Gasteiger partial charge < -0.3 is 0 Å². The number of nitrogens with zero attached hydrogens (tertiary/aromatic N) is 3. The standard InChI is InChI=1S/C12H15N3/c1-4-11-9(2)14-15(10(11)3)12-7-5-6-8-13-12/h5-8H,4H2,1-3H3. The highest BCUT2D eigenvalue weighted by Crippen LogP contribution is 2.16. The molecule has 0 aliphatic heterocycles. The molecule has 2 heterocycles. The van der Waals surface area contributed by atoms with Crippen molar-refractivity contribution < 1.29 is 0 Å². The van der Waals surface area contributed by atoms with E-state index in [1.165, 1.54) is 11.3 Å². The first-order valence-electron chi connectivity index (χ1n) is 5.20. The van der Waals surface area contributed by atoms with Crippen LogP contribution in [-0.4, -0.2) is 14.8 Å². The summed E-state index contributed by atoms with van der Waals surface area (Å²) in [6.07, 6.45) is 2.81. The van der Waals surface area contributed by atoms with Gasteiger partial charge in [-0.15, -0.1) is 0 Å². The molecule has 0 saturated heterocycles. The Kier molecular flexibility index (Phi) is 2.54. The van der Waals surface area contributed by atoms with Gasteiger partial charge in [-0.05, 0) is 38.0 Å². The minimum Gasteiger partial charge on any atom is -0.237 e. The Labute approximate surface area is 89.8 Å². The van der Waals surface area contributed by atoms with Crippen molar-refractivity contribution in [1.29, 1.82) is 0 Å². The SMILES string of the molecule is CCc1c(C)nn(-c2ccccn2)c1C. The van der Waals surface area contributed by atoms with Gasteiger partial charge >= 0.3 is 0 Å². The van der Waals surface area contributed by atoms with E-state index in [-0.39, 0.29) is 0 Å². The lowest BCUT2D eigenvalue weighted by Gasteiger charge is -2.02. The molecule has 0 bridgehead atoms. The quantitative estimate of drug-likeness (QED) is 0.747. The fraction of sp³-hybridized carbons (Fsp3) is 0.333. The average molecular weight is 201 g/mol. The van der Waals surface area contributed by atoms with Crippen LogP contribution in [0.2, 0.25) is 0 Å². The molecule has 15 heavy (non-hydrogen) atoms. The highest BCUT2D eigenvalue weighted by atomic mass is 15.3. The molecular formula is C12H15N3. The second kappa shape index (κ2) is 3.85. The zero-order valence-corrected chi connectivity index (χ0v) is 9.36. The number of rotatable bonds is 2. The molecule has 2 aromatic rings. The lowest BCUT2D eigenvalue weighted by atomic mass is 10.1. The van der Waals surface area contributed by atoms with E-state index in [0.29, 0.717) is 0 Å². The smallest absolute Gasteiger partial charge is 0.153 e. The first-order valence-corrected chi connectivity index (χ1v) is 5.20. The molecule has 0 unspecified atom stereocenters. The Balaban J connectivity index is 2.55. The normalized spacial score (nSPS) is 10.6. The van der Waals surface area contributed by atoms with Crippen LogP contribution < -0.4 is 0 Å². The maximum absolute atomic E-state index is 4.51. The van der Waals surface area contributed by atoms with E-state index in [4.69, 9.17) is 0 Å². The van der Waals surface area contributed by atoms with E-state index in [9.17, 15) is 0 Å². The van der Waals surface area contributed by atoms with E-state index in [1.54, 1.807) is 6.20 Å². The molecule has 2 aromatic heterocycles. The van der Waals surface area contributed by atoms with Crippen molar-refractivity contribution in [1.82, 2.24) is 14.8 Å². The van der Waals surface area contributed by atoms with Crippen molar-refractivity contribution in [3.05, 3.63) is 41.3 Å². The van der Waals surface area contributed by atoms with Crippen LogP contribution in [-0.2, 0) is 6.42 Å². The average Bonchev–Trinajstić information content (AvgIpc) is 2.55. The van der Waals surface area contributed by atoms with Crippen LogP contribution in [0.15, 0.2) is 24.4 Å². The molecule has 0 atom stereocenters. The highest BCUT2D eigenvalue weighted by molar-refractivity contribution is 5.32. The van der Waals surface area contributed by atoms with E-state index in [2.05, 4.69) is 23.9 Å². The fourth-order valence-corrected chi connectivity index (χ4v) is 1.89. The zero-order chi connectivity index (χ0) is 10.8. The molecular weight excluding hydrogens is 186 g/mol. The Morgan fingerprint density at radius 1 is 1.27 bits per heavy atom. The third-order valence-electron chi connectivity index (χ3n) is 2.66. The second-order valence-corrected chi connectivity index (χ2v) is 3.60. The van der Waals surface area contributed by atoms with Crippen molar-refractivity contribution in [2.75, 3.05) is 0 Å². The number of aromatic nitrogens is 3. The van der Waals surface area contributed by atoms with Crippen LogP contribution in [0.4, 0.5) is 0 Å². The predicted octanol–water partition coefficient (Wildman–Crippen LogP) is 2.45. The summed E-state index contributed by atoms with van der Waals surface area (Å²) in [4.78, 5) is 4.30. The molecule has 0 aromatic carbocycles. The molecule has 0 radical (unpaired) electrons. The lowest BCUT2D eigenvalue weighted by Crippen LogP contribution is -2.01. The number of hydrogen-bond donors (Lipinski definition) is 0. The van der Waals surface area contributed by atoms with E-state index >= 15 is 0 Å². The summed E-state index contributed by atoms with van der Waals surface area (Å²) in [6.45, 7) is 6.29. The van der Waals surface area contributed by atoms with Crippen molar-refractivity contribution in [3.8, 4) is 5.82 Å². The fourth-order valence-electron chi connectivity index (χ4n) is 1.89. The Hall–Kier alpha value is -1.64. The third kappa shape index (κ3) is 1.65. The van der Waals surface area contributed by atoms with Gasteiger partial charge in [0, 0.05) is 11.9 Å². The molecule has 3 nitrogen and oxygen atoms in total. The first kappa shape index (κ1) is 9.90. The van der Waals surface area contributed by atoms with Crippen LogP contribution in [0, 0.1) is 13.8 Å². The van der Waals surface area contributed by atoms with Gasteiger partial charge in [0.2, 0.25) is 0 Å². The van der Waals surface area contributed by atoms with Gasteiger partial charge in [0.25, 0.3) is 0 Å². The molecule has 2 rings (SSSR count). The molecule has 0 N–H and O–H groups in total. The highest BCUT2D eigenvalue weighted by Gasteiger charge is 2.10. The number of aryl methyl sites for hydroxylation is 1. The van der Waals surface area contributed by atoms with Gasteiger partial charge in [0.15, 0.2) is 5.82 Å². The molecule has 3 heteroatoms. The molecule has 78 valence electrons. The van der Waals surface area contributed by atoms with Crippen LogP contribution in [0.25, 0.3) is 5.82 Å². The summed E-state index contributed by atoms with van der Waals surface area (Å²) in [5.41, 5.74) is 3.61. The van der Waals surface area contributed by atoms with Gasteiger partial charge in [-0.2, -0.15) is 5.10 Å². The first-order chi connectivity index (χ1) is 7.24. The summed E-state index contributed by atoms with van der Waals surface area (Å²) in [7, 11) is 0. The van der Waals surface area contributed by atoms with Gasteiger partial charge in [-0.25, -0.2) is 9.67 Å². The summed E-state index contributed by atoms with van der Waals surface area (Å²) >= 11 is 0. The van der Waals surface area contributed by atoms with Crippen molar-refractivity contribution in [2.24, 2.45) is 0 Å². The predicted molar refractivity (Wildman–Crippen MR) is 60.2 cm³/mol. The van der Waals surface area contributed by atoms with Crippen molar-refractivity contribution in [3.63, 3.8) is 0 Å². The number of hydrogen-bond acceptors (Lipinski definition) is 2. The van der Waals surface area contributed by atoms with Gasteiger partial charge in [0.05, 0.1) is 5.69 Å². The molecule has 0 fully saturated rings. The minimum atomic E-state index is 0.887. The topological polar surface area (TPSA) is 30.7 Å². The third-order valence-corrected chi connectivity index (χ3v) is 2.66. The van der Waals surface area contributed by atoms with E-state index < -0.39 is 0 Å². The van der Waals surface area contributed by atoms with Gasteiger partial charge in [0.1, 0.15) is 0 Å². The van der Waals surface area contributed by atoms with E-state index in [0.717, 1.165) is 17.9 Å². The molecule has 0 aliphatic carbocycles. The Morgan fingerprint density at radius 2 is 2.07 bits per heavy atom. The monoisotopic (exact) mass is 201 g/mol. The zero-order valence-electron chi connectivity index (χ0n) is 9.36. The van der Waals surface area contributed by atoms with Gasteiger partial charge in [-0.3, -0.25) is 0 Å².